The van der Waals surface area contributed by atoms with E-state index >= 15 is 0 Å². The lowest BCUT2D eigenvalue weighted by Crippen LogP contribution is -2.10. The fourth-order valence-electron chi connectivity index (χ4n) is 2.46. The summed E-state index contributed by atoms with van der Waals surface area (Å²) in [6, 6.07) is 9.96. The number of carbonyl (C=O) groups is 1. The zero-order valence-electron chi connectivity index (χ0n) is 15.6. The van der Waals surface area contributed by atoms with Crippen LogP contribution in [0.25, 0.3) is 16.9 Å². The molecule has 7 nitrogen and oxygen atoms in total. The Kier molecular flexibility index (Phi) is 7.76. The van der Waals surface area contributed by atoms with Crippen molar-refractivity contribution in [3.63, 3.8) is 0 Å². The number of nitrogens with one attached hydrogen (secondary N) is 2. The molecule has 0 fully saturated rings. The van der Waals surface area contributed by atoms with Gasteiger partial charge >= 0.3 is 0 Å². The zero-order chi connectivity index (χ0) is 19.6. The van der Waals surface area contributed by atoms with Crippen LogP contribution in [-0.4, -0.2) is 39.8 Å². The summed E-state index contributed by atoms with van der Waals surface area (Å²) < 4.78 is 1.87. The standard InChI is InChI=1S/C15H14ClN5.C4H9NO/c1-10-13(11-8-18-15(16)19-9-11)20-21(14(10)17-2)12-6-4-3-5-7-12;1-2-3-5-4-6/h3-9,17H,1-2H3;4H,2-3H2,1H3,(H,5,6). The van der Waals surface area contributed by atoms with Crippen molar-refractivity contribution in [2.45, 2.75) is 20.3 Å². The molecule has 0 saturated carbocycles. The summed E-state index contributed by atoms with van der Waals surface area (Å²) >= 11 is 5.74. The highest BCUT2D eigenvalue weighted by Crippen LogP contribution is 2.29. The Morgan fingerprint density at radius 2 is 1.85 bits per heavy atom. The van der Waals surface area contributed by atoms with Gasteiger partial charge in [-0.25, -0.2) is 14.6 Å². The summed E-state index contributed by atoms with van der Waals surface area (Å²) in [5.41, 5.74) is 3.70. The third-order valence-corrected chi connectivity index (χ3v) is 3.93. The van der Waals surface area contributed by atoms with Gasteiger partial charge in [0, 0.05) is 37.1 Å². The van der Waals surface area contributed by atoms with Gasteiger partial charge in [-0.3, -0.25) is 4.79 Å². The van der Waals surface area contributed by atoms with Gasteiger partial charge in [-0.1, -0.05) is 25.1 Å². The summed E-state index contributed by atoms with van der Waals surface area (Å²) in [5, 5.41) is 10.6. The minimum absolute atomic E-state index is 0.229. The highest BCUT2D eigenvalue weighted by atomic mass is 35.5. The quantitative estimate of drug-likeness (QED) is 0.385. The number of anilines is 1. The Morgan fingerprint density at radius 1 is 1.19 bits per heavy atom. The lowest BCUT2D eigenvalue weighted by Gasteiger charge is -2.06. The first-order valence-electron chi connectivity index (χ1n) is 8.60. The molecule has 27 heavy (non-hydrogen) atoms. The molecule has 0 aliphatic rings. The Bertz CT molecular complexity index is 849. The first-order chi connectivity index (χ1) is 13.1. The number of para-hydroxylation sites is 1. The molecule has 0 aliphatic carbocycles. The molecule has 0 spiro atoms. The van der Waals surface area contributed by atoms with E-state index < -0.39 is 0 Å². The van der Waals surface area contributed by atoms with Crippen molar-refractivity contribution in [1.29, 1.82) is 0 Å². The number of hydrogen-bond donors (Lipinski definition) is 2. The van der Waals surface area contributed by atoms with E-state index in [2.05, 4.69) is 25.7 Å². The number of amides is 1. The second kappa shape index (κ2) is 10.3. The van der Waals surface area contributed by atoms with Crippen LogP contribution in [0.1, 0.15) is 18.9 Å². The molecule has 3 rings (SSSR count). The Morgan fingerprint density at radius 3 is 2.37 bits per heavy atom. The maximum absolute atomic E-state index is 9.45. The van der Waals surface area contributed by atoms with Crippen LogP contribution >= 0.6 is 11.6 Å². The minimum Gasteiger partial charge on any atom is -0.373 e. The molecular formula is C19H23ClN6O. The Balaban J connectivity index is 0.000000380. The van der Waals surface area contributed by atoms with Crippen LogP contribution in [0.15, 0.2) is 42.7 Å². The van der Waals surface area contributed by atoms with Crippen molar-refractivity contribution in [1.82, 2.24) is 25.1 Å². The predicted molar refractivity (Wildman–Crippen MR) is 108 cm³/mol. The SMILES string of the molecule is CCCNC=O.CNc1c(C)c(-c2cnc(Cl)nc2)nn1-c1ccccc1. The molecule has 142 valence electrons. The lowest BCUT2D eigenvalue weighted by atomic mass is 10.1. The topological polar surface area (TPSA) is 84.7 Å². The fraction of sp³-hybridized carbons (Fsp3) is 0.263. The maximum atomic E-state index is 9.45. The Labute approximate surface area is 163 Å². The molecule has 2 heterocycles. The fourth-order valence-corrected chi connectivity index (χ4v) is 2.56. The number of nitrogens with zero attached hydrogens (tertiary/aromatic N) is 4. The maximum Gasteiger partial charge on any atom is 0.222 e. The van der Waals surface area contributed by atoms with E-state index in [1.54, 1.807) is 12.4 Å². The van der Waals surface area contributed by atoms with Crippen LogP contribution in [0.4, 0.5) is 5.82 Å². The number of rotatable bonds is 6. The number of benzene rings is 1. The molecule has 1 aromatic carbocycles. The normalized spacial score (nSPS) is 9.93. The number of hydrogen-bond acceptors (Lipinski definition) is 5. The molecule has 8 heteroatoms. The molecule has 2 N–H and O–H groups in total. The summed E-state index contributed by atoms with van der Waals surface area (Å²) in [7, 11) is 1.88. The van der Waals surface area contributed by atoms with Crippen molar-refractivity contribution in [2.24, 2.45) is 0 Å². The molecule has 0 bridgehead atoms. The highest BCUT2D eigenvalue weighted by molar-refractivity contribution is 6.28. The first kappa shape index (κ1) is 20.4. The molecule has 0 saturated heterocycles. The van der Waals surface area contributed by atoms with E-state index in [1.165, 1.54) is 0 Å². The molecular weight excluding hydrogens is 364 g/mol. The minimum atomic E-state index is 0.229. The van der Waals surface area contributed by atoms with E-state index in [0.717, 1.165) is 41.3 Å². The average Bonchev–Trinajstić information content (AvgIpc) is 3.04. The van der Waals surface area contributed by atoms with E-state index in [4.69, 9.17) is 11.6 Å². The van der Waals surface area contributed by atoms with Crippen LogP contribution in [0.2, 0.25) is 5.28 Å². The predicted octanol–water partition coefficient (Wildman–Crippen LogP) is 3.48. The van der Waals surface area contributed by atoms with Crippen molar-refractivity contribution in [2.75, 3.05) is 18.9 Å². The molecule has 0 atom stereocenters. The zero-order valence-corrected chi connectivity index (χ0v) is 16.4. The third-order valence-electron chi connectivity index (χ3n) is 3.73. The van der Waals surface area contributed by atoms with Gasteiger partial charge in [0.15, 0.2) is 0 Å². The van der Waals surface area contributed by atoms with Crippen molar-refractivity contribution in [3.05, 3.63) is 53.6 Å². The van der Waals surface area contributed by atoms with E-state index in [9.17, 15) is 4.79 Å². The monoisotopic (exact) mass is 386 g/mol. The van der Waals surface area contributed by atoms with E-state index in [1.807, 2.05) is 55.9 Å². The number of aromatic nitrogens is 4. The van der Waals surface area contributed by atoms with Crippen LogP contribution in [0, 0.1) is 6.92 Å². The van der Waals surface area contributed by atoms with Gasteiger partial charge in [0.05, 0.1) is 5.69 Å². The van der Waals surface area contributed by atoms with Gasteiger partial charge in [-0.15, -0.1) is 0 Å². The molecule has 0 radical (unpaired) electrons. The van der Waals surface area contributed by atoms with Crippen LogP contribution in [0.3, 0.4) is 0 Å². The molecule has 3 aromatic rings. The lowest BCUT2D eigenvalue weighted by molar-refractivity contribution is -0.109. The smallest absolute Gasteiger partial charge is 0.222 e. The largest absolute Gasteiger partial charge is 0.373 e. The van der Waals surface area contributed by atoms with Crippen molar-refractivity contribution >= 4 is 23.8 Å². The van der Waals surface area contributed by atoms with Crippen molar-refractivity contribution in [3.8, 4) is 16.9 Å². The second-order valence-electron chi connectivity index (χ2n) is 5.63. The third kappa shape index (κ3) is 5.27. The van der Waals surface area contributed by atoms with Gasteiger partial charge < -0.3 is 10.6 Å². The number of halogens is 1. The van der Waals surface area contributed by atoms with Crippen LogP contribution < -0.4 is 10.6 Å². The summed E-state index contributed by atoms with van der Waals surface area (Å²) in [6.07, 6.45) is 5.08. The highest BCUT2D eigenvalue weighted by Gasteiger charge is 2.16. The van der Waals surface area contributed by atoms with Gasteiger partial charge in [0.25, 0.3) is 0 Å². The summed E-state index contributed by atoms with van der Waals surface area (Å²) in [6.45, 7) is 4.82. The summed E-state index contributed by atoms with van der Waals surface area (Å²) in [5.74, 6) is 0.936. The van der Waals surface area contributed by atoms with Gasteiger partial charge in [-0.05, 0) is 37.1 Å². The second-order valence-corrected chi connectivity index (χ2v) is 5.97. The molecule has 0 unspecified atom stereocenters. The average molecular weight is 387 g/mol. The Hall–Kier alpha value is -2.93. The first-order valence-corrected chi connectivity index (χ1v) is 8.97. The molecule has 0 aliphatic heterocycles. The van der Waals surface area contributed by atoms with Crippen LogP contribution in [-0.2, 0) is 4.79 Å². The molecule has 1 amide bonds. The van der Waals surface area contributed by atoms with Crippen LogP contribution in [0.5, 0.6) is 0 Å². The van der Waals surface area contributed by atoms with Gasteiger partial charge in [0.1, 0.15) is 11.5 Å². The number of carbonyl (C=O) groups excluding carboxylic acids is 1. The van der Waals surface area contributed by atoms with Gasteiger partial charge in [0.2, 0.25) is 11.7 Å². The van der Waals surface area contributed by atoms with Gasteiger partial charge in [-0.2, -0.15) is 5.10 Å². The van der Waals surface area contributed by atoms with E-state index in [-0.39, 0.29) is 5.28 Å². The van der Waals surface area contributed by atoms with Crippen molar-refractivity contribution < 1.29 is 4.79 Å². The van der Waals surface area contributed by atoms with E-state index in [0.29, 0.717) is 6.41 Å². The summed E-state index contributed by atoms with van der Waals surface area (Å²) in [4.78, 5) is 17.5. The molecule has 2 aromatic heterocycles.